The van der Waals surface area contributed by atoms with E-state index in [4.69, 9.17) is 11.6 Å². The van der Waals surface area contributed by atoms with Crippen LogP contribution in [0.15, 0.2) is 30.5 Å². The zero-order valence-corrected chi connectivity index (χ0v) is 13.6. The molecule has 1 aromatic carbocycles. The fourth-order valence-electron chi connectivity index (χ4n) is 2.08. The van der Waals surface area contributed by atoms with E-state index in [-0.39, 0.29) is 6.61 Å². The zero-order valence-electron chi connectivity index (χ0n) is 12.8. The number of hydrogen-bond donors (Lipinski definition) is 2. The minimum atomic E-state index is -0.721. The van der Waals surface area contributed by atoms with Crippen molar-refractivity contribution in [1.82, 2.24) is 20.6 Å². The van der Waals surface area contributed by atoms with Gasteiger partial charge in [-0.3, -0.25) is 10.2 Å². The Bertz CT molecular complexity index is 714. The molecule has 0 aliphatic heterocycles. The lowest BCUT2D eigenvalue weighted by Gasteiger charge is -2.09. The van der Waals surface area contributed by atoms with Gasteiger partial charge in [0.1, 0.15) is 0 Å². The minimum absolute atomic E-state index is 0.217. The van der Waals surface area contributed by atoms with Crippen LogP contribution in [0, 0.1) is 0 Å². The highest BCUT2D eigenvalue weighted by molar-refractivity contribution is 6.30. The fraction of sp³-hybridized carbons (Fsp3) is 0.267. The first-order valence-electron chi connectivity index (χ1n) is 7.12. The summed E-state index contributed by atoms with van der Waals surface area (Å²) < 4.78 is 6.32. The number of hydrogen-bond acceptors (Lipinski definition) is 4. The second-order valence-electron chi connectivity index (χ2n) is 4.55. The Balaban J connectivity index is 2.21. The molecule has 0 atom stereocenters. The molecular weight excluding hydrogens is 320 g/mol. The van der Waals surface area contributed by atoms with Crippen LogP contribution in [-0.4, -0.2) is 28.4 Å². The van der Waals surface area contributed by atoms with Crippen LogP contribution in [-0.2, 0) is 11.2 Å². The molecule has 2 aromatic rings. The van der Waals surface area contributed by atoms with E-state index in [0.29, 0.717) is 22.7 Å². The Kier molecular flexibility index (Phi) is 5.59. The lowest BCUT2D eigenvalue weighted by molar-refractivity contribution is 0.0911. The first kappa shape index (κ1) is 16.8. The highest BCUT2D eigenvalue weighted by Gasteiger charge is 2.17. The highest BCUT2D eigenvalue weighted by Crippen LogP contribution is 2.18. The van der Waals surface area contributed by atoms with Gasteiger partial charge in [0.2, 0.25) is 0 Å². The minimum Gasteiger partial charge on any atom is -0.449 e. The van der Waals surface area contributed by atoms with Gasteiger partial charge in [0, 0.05) is 5.02 Å². The van der Waals surface area contributed by atoms with Gasteiger partial charge in [-0.25, -0.2) is 14.9 Å². The standard InChI is InChI=1S/C15H17ClN4O3/c1-3-13-12(14(21)18-19-15(22)23-4-2)9-17-20(13)11-7-5-6-10(16)8-11/h5-9H,3-4H2,1-2H3,(H,18,21)(H,19,22). The van der Waals surface area contributed by atoms with Crippen LogP contribution in [0.2, 0.25) is 5.02 Å². The Morgan fingerprint density at radius 3 is 2.74 bits per heavy atom. The number of nitrogens with zero attached hydrogens (tertiary/aromatic N) is 2. The van der Waals surface area contributed by atoms with Crippen molar-refractivity contribution in [2.75, 3.05) is 6.61 Å². The average molecular weight is 337 g/mol. The van der Waals surface area contributed by atoms with Crippen LogP contribution >= 0.6 is 11.6 Å². The van der Waals surface area contributed by atoms with Gasteiger partial charge in [-0.15, -0.1) is 0 Å². The van der Waals surface area contributed by atoms with Crippen molar-refractivity contribution in [3.8, 4) is 5.69 Å². The number of halogens is 1. The molecule has 122 valence electrons. The number of benzene rings is 1. The van der Waals surface area contributed by atoms with E-state index in [0.717, 1.165) is 5.69 Å². The number of nitrogens with one attached hydrogen (secondary N) is 2. The molecule has 0 unspecified atom stereocenters. The molecule has 2 amide bonds. The third-order valence-corrected chi connectivity index (χ3v) is 3.29. The second-order valence-corrected chi connectivity index (χ2v) is 4.99. The van der Waals surface area contributed by atoms with E-state index in [9.17, 15) is 9.59 Å². The molecule has 8 heteroatoms. The molecule has 23 heavy (non-hydrogen) atoms. The first-order chi connectivity index (χ1) is 11.1. The summed E-state index contributed by atoms with van der Waals surface area (Å²) in [4.78, 5) is 23.4. The van der Waals surface area contributed by atoms with Crippen LogP contribution in [0.4, 0.5) is 4.79 Å². The van der Waals surface area contributed by atoms with Gasteiger partial charge < -0.3 is 4.74 Å². The van der Waals surface area contributed by atoms with Crippen molar-refractivity contribution in [3.63, 3.8) is 0 Å². The first-order valence-corrected chi connectivity index (χ1v) is 7.50. The summed E-state index contributed by atoms with van der Waals surface area (Å²) in [7, 11) is 0. The zero-order chi connectivity index (χ0) is 16.8. The smallest absolute Gasteiger partial charge is 0.426 e. The molecule has 1 heterocycles. The molecule has 1 aromatic heterocycles. The van der Waals surface area contributed by atoms with Gasteiger partial charge in [-0.2, -0.15) is 5.10 Å². The molecule has 2 rings (SSSR count). The van der Waals surface area contributed by atoms with Crippen LogP contribution in [0.5, 0.6) is 0 Å². The molecule has 0 bridgehead atoms. The molecule has 0 saturated heterocycles. The number of hydrazine groups is 1. The van der Waals surface area contributed by atoms with Crippen molar-refractivity contribution in [1.29, 1.82) is 0 Å². The van der Waals surface area contributed by atoms with E-state index in [2.05, 4.69) is 20.7 Å². The Morgan fingerprint density at radius 1 is 1.30 bits per heavy atom. The lowest BCUT2D eigenvalue weighted by Crippen LogP contribution is -2.42. The molecule has 0 saturated carbocycles. The molecule has 0 aliphatic rings. The predicted molar refractivity (Wildman–Crippen MR) is 85.6 cm³/mol. The maximum atomic E-state index is 12.2. The number of amides is 2. The largest absolute Gasteiger partial charge is 0.449 e. The molecule has 0 spiro atoms. The van der Waals surface area contributed by atoms with Gasteiger partial charge in [-0.05, 0) is 31.5 Å². The van der Waals surface area contributed by atoms with Gasteiger partial charge in [0.15, 0.2) is 0 Å². The Hall–Kier alpha value is -2.54. The van der Waals surface area contributed by atoms with Gasteiger partial charge in [-0.1, -0.05) is 24.6 Å². The number of rotatable bonds is 4. The van der Waals surface area contributed by atoms with Crippen molar-refractivity contribution in [2.45, 2.75) is 20.3 Å². The third kappa shape index (κ3) is 4.01. The normalized spacial score (nSPS) is 10.2. The third-order valence-electron chi connectivity index (χ3n) is 3.05. The van der Waals surface area contributed by atoms with Crippen LogP contribution in [0.1, 0.15) is 29.9 Å². The van der Waals surface area contributed by atoms with E-state index in [1.165, 1.54) is 6.20 Å². The van der Waals surface area contributed by atoms with Crippen LogP contribution in [0.3, 0.4) is 0 Å². The maximum absolute atomic E-state index is 12.2. The monoisotopic (exact) mass is 336 g/mol. The van der Waals surface area contributed by atoms with Crippen molar-refractivity contribution < 1.29 is 14.3 Å². The molecule has 7 nitrogen and oxygen atoms in total. The average Bonchev–Trinajstić information content (AvgIpc) is 2.97. The van der Waals surface area contributed by atoms with Gasteiger partial charge in [0.25, 0.3) is 5.91 Å². The topological polar surface area (TPSA) is 85.2 Å². The van der Waals surface area contributed by atoms with E-state index < -0.39 is 12.0 Å². The SMILES string of the molecule is CCOC(=O)NNC(=O)c1cnn(-c2cccc(Cl)c2)c1CC. The lowest BCUT2D eigenvalue weighted by atomic mass is 10.2. The number of carbonyl (C=O) groups excluding carboxylic acids is 2. The van der Waals surface area contributed by atoms with Crippen LogP contribution in [0.25, 0.3) is 5.69 Å². The quantitative estimate of drug-likeness (QED) is 0.840. The van der Waals surface area contributed by atoms with Crippen molar-refractivity contribution in [2.24, 2.45) is 0 Å². The molecule has 2 N–H and O–H groups in total. The van der Waals surface area contributed by atoms with Crippen molar-refractivity contribution >= 4 is 23.6 Å². The highest BCUT2D eigenvalue weighted by atomic mass is 35.5. The Labute approximate surface area is 138 Å². The summed E-state index contributed by atoms with van der Waals surface area (Å²) in [6, 6.07) is 7.17. The molecule has 0 fully saturated rings. The number of carbonyl (C=O) groups is 2. The summed E-state index contributed by atoms with van der Waals surface area (Å²) in [6.07, 6.45) is 1.30. The van der Waals surface area contributed by atoms with E-state index in [1.54, 1.807) is 29.8 Å². The van der Waals surface area contributed by atoms with Crippen molar-refractivity contribution in [3.05, 3.63) is 46.7 Å². The van der Waals surface area contributed by atoms with E-state index in [1.807, 2.05) is 13.0 Å². The Morgan fingerprint density at radius 2 is 2.09 bits per heavy atom. The summed E-state index contributed by atoms with van der Waals surface area (Å²) >= 11 is 5.99. The van der Waals surface area contributed by atoms with Gasteiger partial charge in [0.05, 0.1) is 29.7 Å². The van der Waals surface area contributed by atoms with Gasteiger partial charge >= 0.3 is 6.09 Å². The predicted octanol–water partition coefficient (Wildman–Crippen LogP) is 2.48. The summed E-state index contributed by atoms with van der Waals surface area (Å²) in [6.45, 7) is 3.80. The summed E-state index contributed by atoms with van der Waals surface area (Å²) in [5, 5.41) is 4.81. The molecular formula is C15H17ClN4O3. The number of ether oxygens (including phenoxy) is 1. The summed E-state index contributed by atoms with van der Waals surface area (Å²) in [5.41, 5.74) is 6.29. The molecule has 0 aliphatic carbocycles. The van der Waals surface area contributed by atoms with E-state index >= 15 is 0 Å². The van der Waals surface area contributed by atoms with Crippen LogP contribution < -0.4 is 10.9 Å². The second kappa shape index (κ2) is 7.64. The number of aromatic nitrogens is 2. The summed E-state index contributed by atoms with van der Waals surface area (Å²) in [5.74, 6) is -0.469. The fourth-order valence-corrected chi connectivity index (χ4v) is 2.26. The molecule has 0 radical (unpaired) electrons. The maximum Gasteiger partial charge on any atom is 0.426 e.